The van der Waals surface area contributed by atoms with Crippen LogP contribution in [-0.4, -0.2) is 0 Å². The van der Waals surface area contributed by atoms with Gasteiger partial charge < -0.3 is 9.80 Å². The predicted molar refractivity (Wildman–Crippen MR) is 232 cm³/mol. The molecule has 0 fully saturated rings. The Balaban J connectivity index is 0.948. The second-order valence-corrected chi connectivity index (χ2v) is 17.4. The van der Waals surface area contributed by atoms with Crippen molar-refractivity contribution in [2.24, 2.45) is 0 Å². The zero-order valence-corrected chi connectivity index (χ0v) is 32.8. The van der Waals surface area contributed by atoms with Gasteiger partial charge in [0.25, 0.3) is 0 Å². The fraction of sp³-hybridized carbons (Fsp3) is 0.208. The van der Waals surface area contributed by atoms with E-state index >= 15 is 0 Å². The number of rotatable bonds is 4. The lowest BCUT2D eigenvalue weighted by Crippen LogP contribution is -2.32. The van der Waals surface area contributed by atoms with Crippen LogP contribution in [0.1, 0.15) is 93.3 Å². The largest absolute Gasteiger partial charge is 0.314 e. The first-order valence-corrected chi connectivity index (χ1v) is 19.9. The first-order valence-electron chi connectivity index (χ1n) is 19.9. The third-order valence-corrected chi connectivity index (χ3v) is 13.2. The number of para-hydroxylation sites is 4. The number of allylic oxidation sites excluding steroid dienone is 5. The van der Waals surface area contributed by atoms with Crippen LogP contribution in [0, 0.1) is 0 Å². The lowest BCUT2D eigenvalue weighted by atomic mass is 9.73. The van der Waals surface area contributed by atoms with Gasteiger partial charge in [-0.15, -0.1) is 0 Å². The third-order valence-electron chi connectivity index (χ3n) is 13.2. The van der Waals surface area contributed by atoms with Gasteiger partial charge in [0.05, 0.1) is 11.4 Å². The molecule has 270 valence electrons. The maximum absolute atomic E-state index is 2.50. The van der Waals surface area contributed by atoms with E-state index in [0.717, 1.165) is 12.8 Å². The van der Waals surface area contributed by atoms with E-state index in [2.05, 4.69) is 209 Å². The Morgan fingerprint density at radius 1 is 0.418 bits per heavy atom. The quantitative estimate of drug-likeness (QED) is 0.180. The van der Waals surface area contributed by atoms with Crippen LogP contribution in [0.15, 0.2) is 163 Å². The van der Waals surface area contributed by atoms with Crippen molar-refractivity contribution in [2.45, 2.75) is 70.6 Å². The minimum atomic E-state index is -0.129. The Labute approximate surface area is 326 Å². The zero-order valence-electron chi connectivity index (χ0n) is 32.8. The smallest absolute Gasteiger partial charge is 0.0502 e. The Hall–Kier alpha value is -5.86. The van der Waals surface area contributed by atoms with E-state index in [-0.39, 0.29) is 16.2 Å². The van der Waals surface area contributed by atoms with Gasteiger partial charge in [-0.25, -0.2) is 0 Å². The molecule has 0 spiro atoms. The normalized spacial score (nSPS) is 18.0. The van der Waals surface area contributed by atoms with Gasteiger partial charge in [0.2, 0.25) is 0 Å². The van der Waals surface area contributed by atoms with Gasteiger partial charge in [0.1, 0.15) is 0 Å². The monoisotopic (exact) mass is 712 g/mol. The third kappa shape index (κ3) is 5.00. The first-order chi connectivity index (χ1) is 26.5. The molecule has 2 aliphatic heterocycles. The Kier molecular flexibility index (Phi) is 7.39. The maximum atomic E-state index is 2.50. The summed E-state index contributed by atoms with van der Waals surface area (Å²) >= 11 is 0. The van der Waals surface area contributed by atoms with Crippen molar-refractivity contribution >= 4 is 34.5 Å². The van der Waals surface area contributed by atoms with Gasteiger partial charge >= 0.3 is 0 Å². The molecule has 0 amide bonds. The van der Waals surface area contributed by atoms with Crippen molar-refractivity contribution < 1.29 is 0 Å². The van der Waals surface area contributed by atoms with E-state index in [9.17, 15) is 0 Å². The molecular weight excluding hydrogens is 665 g/mol. The van der Waals surface area contributed by atoms with Gasteiger partial charge in [-0.05, 0) is 111 Å². The number of hydrogen-bond donors (Lipinski definition) is 0. The summed E-state index contributed by atoms with van der Waals surface area (Å²) in [5.41, 5.74) is 21.0. The molecule has 4 aliphatic rings. The van der Waals surface area contributed by atoms with Crippen LogP contribution < -0.4 is 9.80 Å². The fourth-order valence-electron chi connectivity index (χ4n) is 10.1. The summed E-state index contributed by atoms with van der Waals surface area (Å²) in [4.78, 5) is 4.98. The van der Waals surface area contributed by atoms with E-state index < -0.39 is 0 Å². The second kappa shape index (κ2) is 12.1. The highest BCUT2D eigenvalue weighted by Gasteiger charge is 2.40. The van der Waals surface area contributed by atoms with E-state index in [1.54, 1.807) is 0 Å². The van der Waals surface area contributed by atoms with Crippen LogP contribution in [0.4, 0.5) is 28.4 Å². The van der Waals surface area contributed by atoms with E-state index in [1.165, 1.54) is 89.8 Å². The summed E-state index contributed by atoms with van der Waals surface area (Å²) in [7, 11) is 0. The van der Waals surface area contributed by atoms with Crippen molar-refractivity contribution in [1.29, 1.82) is 0 Å². The minimum Gasteiger partial charge on any atom is -0.314 e. The van der Waals surface area contributed by atoms with Crippen molar-refractivity contribution in [1.82, 2.24) is 0 Å². The highest BCUT2D eigenvalue weighted by molar-refractivity contribution is 5.90. The number of benzene rings is 6. The van der Waals surface area contributed by atoms with Crippen LogP contribution in [0.2, 0.25) is 0 Å². The van der Waals surface area contributed by atoms with E-state index in [1.807, 2.05) is 0 Å². The molecule has 0 N–H and O–H groups in total. The highest BCUT2D eigenvalue weighted by Crippen LogP contribution is 2.55. The summed E-state index contributed by atoms with van der Waals surface area (Å²) in [6.07, 6.45) is 11.3. The lowest BCUT2D eigenvalue weighted by molar-refractivity contribution is 0.628. The van der Waals surface area contributed by atoms with Gasteiger partial charge in [0.15, 0.2) is 0 Å². The average molecular weight is 713 g/mol. The van der Waals surface area contributed by atoms with Crippen molar-refractivity contribution in [3.8, 4) is 11.1 Å². The molecule has 0 atom stereocenters. The fourth-order valence-corrected chi connectivity index (χ4v) is 10.1. The molecule has 6 aromatic carbocycles. The summed E-state index contributed by atoms with van der Waals surface area (Å²) in [6.45, 7) is 14.2. The average Bonchev–Trinajstić information content (AvgIpc) is 3.43. The molecule has 0 unspecified atom stereocenters. The Morgan fingerprint density at radius 3 is 1.38 bits per heavy atom. The maximum Gasteiger partial charge on any atom is 0.0502 e. The van der Waals surface area contributed by atoms with Crippen LogP contribution in [-0.2, 0) is 16.2 Å². The highest BCUT2D eigenvalue weighted by atomic mass is 15.2. The molecule has 2 heteroatoms. The molecule has 0 saturated carbocycles. The number of fused-ring (bicyclic) bond motifs is 7. The Morgan fingerprint density at radius 2 is 0.873 bits per heavy atom. The molecule has 0 aromatic heterocycles. The minimum absolute atomic E-state index is 0.0417. The lowest BCUT2D eigenvalue weighted by Gasteiger charge is -2.43. The van der Waals surface area contributed by atoms with Crippen LogP contribution in [0.5, 0.6) is 0 Å². The zero-order chi connectivity index (χ0) is 37.7. The standard InChI is InChI=1S/C53H48N2/c1-51(2)41-15-7-11-19-47(41)54(48-20-12-8-16-42(48)51)37-28-25-35(26-29-37)23-24-36-27-31-39-40-32-30-38(34-46(40)53(5,6)45(39)33-36)55-49-21-13-9-17-43(49)52(3,4)44-18-10-14-22-50(44)55/h7-25,27-28,30-34H,26,29H2,1-6H3/b24-23+. The molecule has 0 radical (unpaired) electrons. The molecule has 2 heterocycles. The summed E-state index contributed by atoms with van der Waals surface area (Å²) < 4.78 is 0. The first kappa shape index (κ1) is 33.7. The number of hydrogen-bond acceptors (Lipinski definition) is 2. The molecule has 0 bridgehead atoms. The molecule has 6 aromatic rings. The van der Waals surface area contributed by atoms with Gasteiger partial charge in [-0.1, -0.05) is 157 Å². The van der Waals surface area contributed by atoms with Gasteiger partial charge in [-0.2, -0.15) is 0 Å². The molecular formula is C53H48N2. The SMILES string of the molecule is CC1(C)c2cc(/C=C/C3=CC=C(N4c5ccccc5C(C)(C)c5ccccc54)CC3)ccc2-c2ccc(N3c4ccccc4C(C)(C)c4ccccc43)cc21. The molecule has 55 heavy (non-hydrogen) atoms. The van der Waals surface area contributed by atoms with E-state index in [4.69, 9.17) is 0 Å². The van der Waals surface area contributed by atoms with Crippen molar-refractivity contribution in [3.63, 3.8) is 0 Å². The van der Waals surface area contributed by atoms with Crippen LogP contribution in [0.25, 0.3) is 17.2 Å². The van der Waals surface area contributed by atoms with Gasteiger partial charge in [-0.3, -0.25) is 0 Å². The van der Waals surface area contributed by atoms with Crippen LogP contribution in [0.3, 0.4) is 0 Å². The molecule has 2 aliphatic carbocycles. The topological polar surface area (TPSA) is 6.48 Å². The van der Waals surface area contributed by atoms with Gasteiger partial charge in [0, 0.05) is 39.0 Å². The number of anilines is 5. The predicted octanol–water partition coefficient (Wildman–Crippen LogP) is 14.2. The summed E-state index contributed by atoms with van der Waals surface area (Å²) in [6, 6.07) is 49.9. The molecule has 2 nitrogen and oxygen atoms in total. The second-order valence-electron chi connectivity index (χ2n) is 17.4. The Bertz CT molecular complexity index is 2540. The molecule has 10 rings (SSSR count). The van der Waals surface area contributed by atoms with Crippen LogP contribution >= 0.6 is 0 Å². The number of nitrogens with zero attached hydrogens (tertiary/aromatic N) is 2. The van der Waals surface area contributed by atoms with Crippen molar-refractivity contribution in [3.05, 3.63) is 202 Å². The van der Waals surface area contributed by atoms with E-state index in [0.29, 0.717) is 0 Å². The van der Waals surface area contributed by atoms with Crippen molar-refractivity contribution in [2.75, 3.05) is 9.80 Å². The summed E-state index contributed by atoms with van der Waals surface area (Å²) in [5, 5.41) is 0. The molecule has 0 saturated heterocycles. The summed E-state index contributed by atoms with van der Waals surface area (Å²) in [5.74, 6) is 0.